The van der Waals surface area contributed by atoms with Crippen LogP contribution >= 0.6 is 0 Å². The average Bonchev–Trinajstić information content (AvgIpc) is 3.14. The molecule has 6 heteroatoms. The Hall–Kier alpha value is -3.02. The van der Waals surface area contributed by atoms with E-state index in [2.05, 4.69) is 5.32 Å². The van der Waals surface area contributed by atoms with E-state index in [1.54, 1.807) is 12.1 Å². The second-order valence-corrected chi connectivity index (χ2v) is 6.60. The molecule has 0 unspecified atom stereocenters. The molecular weight excluding hydrogens is 356 g/mol. The highest BCUT2D eigenvalue weighted by atomic mass is 16.5. The number of likely N-dealkylation sites (tertiary alicyclic amines) is 1. The van der Waals surface area contributed by atoms with Crippen molar-refractivity contribution >= 4 is 11.8 Å². The van der Waals surface area contributed by atoms with E-state index in [0.717, 1.165) is 25.1 Å². The highest BCUT2D eigenvalue weighted by Gasteiger charge is 2.19. The first-order valence-corrected chi connectivity index (χ1v) is 9.70. The summed E-state index contributed by atoms with van der Waals surface area (Å²) in [6, 6.07) is 16.7. The second kappa shape index (κ2) is 10.3. The van der Waals surface area contributed by atoms with E-state index in [0.29, 0.717) is 44.0 Å². The topological polar surface area (TPSA) is 67.9 Å². The van der Waals surface area contributed by atoms with Crippen LogP contribution in [-0.2, 0) is 4.79 Å². The van der Waals surface area contributed by atoms with Crippen LogP contribution in [0.1, 0.15) is 29.6 Å². The fraction of sp³-hybridized carbons (Fsp3) is 0.364. The Balaban J connectivity index is 1.41. The van der Waals surface area contributed by atoms with E-state index in [4.69, 9.17) is 9.47 Å². The number of para-hydroxylation sites is 2. The molecule has 0 atom stereocenters. The van der Waals surface area contributed by atoms with Crippen LogP contribution in [0.2, 0.25) is 0 Å². The standard InChI is InChI=1S/C22H26N2O4/c25-21-12-6-14-24(21)15-7-13-23-22(26)19-10-4-5-11-20(19)28-17-16-27-18-8-2-1-3-9-18/h1-5,8-11H,6-7,12-17H2,(H,23,26). The van der Waals surface area contributed by atoms with Gasteiger partial charge in [0.25, 0.3) is 5.91 Å². The number of nitrogens with zero attached hydrogens (tertiary/aromatic N) is 1. The third-order valence-corrected chi connectivity index (χ3v) is 4.55. The zero-order valence-corrected chi connectivity index (χ0v) is 15.9. The molecule has 1 N–H and O–H groups in total. The smallest absolute Gasteiger partial charge is 0.255 e. The molecule has 0 radical (unpaired) electrons. The number of hydrogen-bond acceptors (Lipinski definition) is 4. The second-order valence-electron chi connectivity index (χ2n) is 6.60. The van der Waals surface area contributed by atoms with Crippen molar-refractivity contribution in [3.8, 4) is 11.5 Å². The van der Waals surface area contributed by atoms with Crippen LogP contribution in [0.3, 0.4) is 0 Å². The number of benzene rings is 2. The van der Waals surface area contributed by atoms with Crippen molar-refractivity contribution in [3.63, 3.8) is 0 Å². The van der Waals surface area contributed by atoms with E-state index >= 15 is 0 Å². The monoisotopic (exact) mass is 382 g/mol. The first kappa shape index (κ1) is 19.7. The summed E-state index contributed by atoms with van der Waals surface area (Å²) in [7, 11) is 0. The molecule has 2 aromatic rings. The van der Waals surface area contributed by atoms with Crippen molar-refractivity contribution in [2.75, 3.05) is 32.8 Å². The quantitative estimate of drug-likeness (QED) is 0.642. The lowest BCUT2D eigenvalue weighted by Gasteiger charge is -2.16. The van der Waals surface area contributed by atoms with Crippen LogP contribution in [0.4, 0.5) is 0 Å². The summed E-state index contributed by atoms with van der Waals surface area (Å²) in [4.78, 5) is 25.9. The Morgan fingerprint density at radius 1 is 1.00 bits per heavy atom. The van der Waals surface area contributed by atoms with Gasteiger partial charge in [-0.05, 0) is 37.1 Å². The van der Waals surface area contributed by atoms with E-state index in [1.807, 2.05) is 47.4 Å². The molecule has 1 saturated heterocycles. The maximum atomic E-state index is 12.5. The van der Waals surface area contributed by atoms with E-state index in [1.165, 1.54) is 0 Å². The molecular formula is C22H26N2O4. The van der Waals surface area contributed by atoms with Crippen molar-refractivity contribution in [1.82, 2.24) is 10.2 Å². The minimum atomic E-state index is -0.174. The van der Waals surface area contributed by atoms with Crippen LogP contribution in [-0.4, -0.2) is 49.6 Å². The lowest BCUT2D eigenvalue weighted by molar-refractivity contribution is -0.127. The molecule has 1 fully saturated rings. The molecule has 148 valence electrons. The number of nitrogens with one attached hydrogen (secondary N) is 1. The predicted octanol–water partition coefficient (Wildman–Crippen LogP) is 2.89. The van der Waals surface area contributed by atoms with E-state index in [-0.39, 0.29) is 11.8 Å². The summed E-state index contributed by atoms with van der Waals surface area (Å²) in [6.45, 7) is 2.77. The zero-order valence-electron chi connectivity index (χ0n) is 15.9. The summed E-state index contributed by atoms with van der Waals surface area (Å²) in [5.41, 5.74) is 0.500. The fourth-order valence-electron chi connectivity index (χ4n) is 3.12. The van der Waals surface area contributed by atoms with E-state index in [9.17, 15) is 9.59 Å². The molecule has 0 aromatic heterocycles. The van der Waals surface area contributed by atoms with Crippen LogP contribution in [0.25, 0.3) is 0 Å². The Morgan fingerprint density at radius 3 is 2.54 bits per heavy atom. The highest BCUT2D eigenvalue weighted by molar-refractivity contribution is 5.96. The maximum absolute atomic E-state index is 12.5. The van der Waals surface area contributed by atoms with Gasteiger partial charge in [-0.25, -0.2) is 0 Å². The van der Waals surface area contributed by atoms with Gasteiger partial charge in [-0.15, -0.1) is 0 Å². The minimum Gasteiger partial charge on any atom is -0.490 e. The lowest BCUT2D eigenvalue weighted by atomic mass is 10.2. The van der Waals surface area contributed by atoms with E-state index < -0.39 is 0 Å². The normalized spacial score (nSPS) is 13.4. The molecule has 1 aliphatic heterocycles. The third-order valence-electron chi connectivity index (χ3n) is 4.55. The van der Waals surface area contributed by atoms with Gasteiger partial charge in [0.1, 0.15) is 24.7 Å². The Bertz CT molecular complexity index is 779. The fourth-order valence-corrected chi connectivity index (χ4v) is 3.12. The Morgan fingerprint density at radius 2 is 1.75 bits per heavy atom. The Labute approximate surface area is 165 Å². The molecule has 1 aliphatic rings. The number of amides is 2. The molecule has 1 heterocycles. The van der Waals surface area contributed by atoms with Crippen LogP contribution in [0, 0.1) is 0 Å². The van der Waals surface area contributed by atoms with Gasteiger partial charge < -0.3 is 19.7 Å². The minimum absolute atomic E-state index is 0.174. The molecule has 3 rings (SSSR count). The number of carbonyl (C=O) groups excluding carboxylic acids is 2. The first-order chi connectivity index (χ1) is 13.7. The van der Waals surface area contributed by atoms with Gasteiger partial charge in [-0.3, -0.25) is 9.59 Å². The first-order valence-electron chi connectivity index (χ1n) is 9.70. The summed E-state index contributed by atoms with van der Waals surface area (Å²) < 4.78 is 11.4. The molecule has 0 spiro atoms. The number of carbonyl (C=O) groups is 2. The molecule has 2 aromatic carbocycles. The molecule has 0 aliphatic carbocycles. The zero-order chi connectivity index (χ0) is 19.6. The summed E-state index contributed by atoms with van der Waals surface area (Å²) >= 11 is 0. The van der Waals surface area contributed by atoms with Gasteiger partial charge in [-0.1, -0.05) is 30.3 Å². The largest absolute Gasteiger partial charge is 0.490 e. The van der Waals surface area contributed by atoms with Gasteiger partial charge in [0.2, 0.25) is 5.91 Å². The molecule has 0 bridgehead atoms. The van der Waals surface area contributed by atoms with Crippen LogP contribution in [0.15, 0.2) is 54.6 Å². The van der Waals surface area contributed by atoms with Crippen LogP contribution in [0.5, 0.6) is 11.5 Å². The molecule has 6 nitrogen and oxygen atoms in total. The summed E-state index contributed by atoms with van der Waals surface area (Å²) in [5.74, 6) is 1.36. The predicted molar refractivity (Wildman–Crippen MR) is 107 cm³/mol. The Kier molecular flexibility index (Phi) is 7.29. The van der Waals surface area contributed by atoms with Gasteiger partial charge in [0.15, 0.2) is 0 Å². The van der Waals surface area contributed by atoms with Gasteiger partial charge in [-0.2, -0.15) is 0 Å². The van der Waals surface area contributed by atoms with Crippen molar-refractivity contribution in [2.45, 2.75) is 19.3 Å². The lowest BCUT2D eigenvalue weighted by Crippen LogP contribution is -2.30. The van der Waals surface area contributed by atoms with Gasteiger partial charge in [0.05, 0.1) is 5.56 Å². The molecule has 2 amide bonds. The summed E-state index contributed by atoms with van der Waals surface area (Å²) in [6.07, 6.45) is 2.32. The van der Waals surface area contributed by atoms with Gasteiger partial charge >= 0.3 is 0 Å². The molecule has 0 saturated carbocycles. The maximum Gasteiger partial charge on any atom is 0.255 e. The van der Waals surface area contributed by atoms with Crippen molar-refractivity contribution in [3.05, 3.63) is 60.2 Å². The molecule has 28 heavy (non-hydrogen) atoms. The number of rotatable bonds is 10. The van der Waals surface area contributed by atoms with Gasteiger partial charge in [0, 0.05) is 26.1 Å². The SMILES string of the molecule is O=C(NCCCN1CCCC1=O)c1ccccc1OCCOc1ccccc1. The summed E-state index contributed by atoms with van der Waals surface area (Å²) in [5, 5.41) is 2.91. The average molecular weight is 382 g/mol. The van der Waals surface area contributed by atoms with Crippen molar-refractivity contribution < 1.29 is 19.1 Å². The highest BCUT2D eigenvalue weighted by Crippen LogP contribution is 2.18. The number of ether oxygens (including phenoxy) is 2. The number of hydrogen-bond donors (Lipinski definition) is 1. The van der Waals surface area contributed by atoms with Crippen molar-refractivity contribution in [2.24, 2.45) is 0 Å². The third kappa shape index (κ3) is 5.74. The van der Waals surface area contributed by atoms with Crippen LogP contribution < -0.4 is 14.8 Å². The van der Waals surface area contributed by atoms with Crippen molar-refractivity contribution in [1.29, 1.82) is 0 Å².